The van der Waals surface area contributed by atoms with Crippen LogP contribution in [0.15, 0.2) is 0 Å². The van der Waals surface area contributed by atoms with E-state index in [9.17, 15) is 8.42 Å². The molecule has 0 aliphatic rings. The topological polar surface area (TPSA) is 94.2 Å². The van der Waals surface area contributed by atoms with Gasteiger partial charge in [0.1, 0.15) is 0 Å². The second kappa shape index (κ2) is 8.02. The van der Waals surface area contributed by atoms with Crippen molar-refractivity contribution in [2.75, 3.05) is 26.8 Å². The quantitative estimate of drug-likeness (QED) is 0.632. The standard InChI is InChI=1S/C10H17N3O3S/c1-3-10(9-12)17(14,15)13(6-4-5-11)7-8-16-2/h10H,3-4,6-8H2,1-2H3. The van der Waals surface area contributed by atoms with Crippen molar-refractivity contribution in [2.45, 2.75) is 25.0 Å². The molecule has 0 aromatic rings. The van der Waals surface area contributed by atoms with Crippen molar-refractivity contribution >= 4 is 10.0 Å². The van der Waals surface area contributed by atoms with Crippen LogP contribution in [0, 0.1) is 22.7 Å². The fraction of sp³-hybridized carbons (Fsp3) is 0.800. The van der Waals surface area contributed by atoms with Gasteiger partial charge in [-0.25, -0.2) is 8.42 Å². The summed E-state index contributed by atoms with van der Waals surface area (Å²) in [7, 11) is -2.20. The van der Waals surface area contributed by atoms with Crippen LogP contribution in [-0.2, 0) is 14.8 Å². The molecule has 0 fully saturated rings. The van der Waals surface area contributed by atoms with Gasteiger partial charge >= 0.3 is 0 Å². The Morgan fingerprint density at radius 1 is 1.35 bits per heavy atom. The van der Waals surface area contributed by atoms with Crippen molar-refractivity contribution in [1.29, 1.82) is 10.5 Å². The van der Waals surface area contributed by atoms with E-state index in [0.29, 0.717) is 0 Å². The molecule has 0 rings (SSSR count). The summed E-state index contributed by atoms with van der Waals surface area (Å²) >= 11 is 0. The second-order valence-corrected chi connectivity index (χ2v) is 5.49. The van der Waals surface area contributed by atoms with E-state index >= 15 is 0 Å². The molecule has 0 heterocycles. The number of rotatable bonds is 8. The first-order valence-corrected chi connectivity index (χ1v) is 6.79. The van der Waals surface area contributed by atoms with Gasteiger partial charge < -0.3 is 4.74 Å². The highest BCUT2D eigenvalue weighted by Gasteiger charge is 2.30. The van der Waals surface area contributed by atoms with Crippen molar-refractivity contribution in [3.63, 3.8) is 0 Å². The molecule has 0 radical (unpaired) electrons. The molecule has 0 saturated heterocycles. The van der Waals surface area contributed by atoms with Crippen LogP contribution in [0.1, 0.15) is 19.8 Å². The number of sulfonamides is 1. The van der Waals surface area contributed by atoms with Gasteiger partial charge in [-0.2, -0.15) is 14.8 Å². The summed E-state index contributed by atoms with van der Waals surface area (Å²) < 4.78 is 30.1. The average Bonchev–Trinajstić information content (AvgIpc) is 2.30. The van der Waals surface area contributed by atoms with Crippen molar-refractivity contribution in [2.24, 2.45) is 0 Å². The van der Waals surface area contributed by atoms with Gasteiger partial charge in [-0.05, 0) is 6.42 Å². The third kappa shape index (κ3) is 4.70. The van der Waals surface area contributed by atoms with Crippen molar-refractivity contribution < 1.29 is 13.2 Å². The molecule has 0 N–H and O–H groups in total. The molecule has 0 aliphatic carbocycles. The molecule has 0 bridgehead atoms. The van der Waals surface area contributed by atoms with E-state index < -0.39 is 15.3 Å². The molecule has 0 aromatic heterocycles. The highest BCUT2D eigenvalue weighted by Crippen LogP contribution is 2.12. The fourth-order valence-corrected chi connectivity index (χ4v) is 2.87. The Bertz CT molecular complexity index is 394. The van der Waals surface area contributed by atoms with E-state index in [2.05, 4.69) is 0 Å². The molecule has 96 valence electrons. The minimum atomic E-state index is -3.67. The maximum Gasteiger partial charge on any atom is 0.230 e. The second-order valence-electron chi connectivity index (χ2n) is 3.37. The molecule has 0 saturated carbocycles. The van der Waals surface area contributed by atoms with E-state index in [0.717, 1.165) is 4.31 Å². The Morgan fingerprint density at radius 2 is 2.00 bits per heavy atom. The molecule has 6 nitrogen and oxygen atoms in total. The van der Waals surface area contributed by atoms with Crippen molar-refractivity contribution in [3.8, 4) is 12.1 Å². The van der Waals surface area contributed by atoms with Crippen LogP contribution in [0.2, 0.25) is 0 Å². The molecular weight excluding hydrogens is 242 g/mol. The predicted octanol–water partition coefficient (Wildman–Crippen LogP) is 0.480. The van der Waals surface area contributed by atoms with Gasteiger partial charge in [0.05, 0.1) is 18.7 Å². The van der Waals surface area contributed by atoms with Gasteiger partial charge in [-0.3, -0.25) is 0 Å². The molecule has 0 aliphatic heterocycles. The first-order valence-electron chi connectivity index (χ1n) is 5.29. The minimum Gasteiger partial charge on any atom is -0.383 e. The summed E-state index contributed by atoms with van der Waals surface area (Å²) in [5.41, 5.74) is 0. The van der Waals surface area contributed by atoms with E-state index in [1.807, 2.05) is 6.07 Å². The van der Waals surface area contributed by atoms with Gasteiger partial charge in [0.25, 0.3) is 0 Å². The highest BCUT2D eigenvalue weighted by atomic mass is 32.2. The zero-order valence-electron chi connectivity index (χ0n) is 10.1. The molecule has 1 unspecified atom stereocenters. The molecule has 1 atom stereocenters. The lowest BCUT2D eigenvalue weighted by Gasteiger charge is -2.22. The van der Waals surface area contributed by atoms with E-state index in [1.54, 1.807) is 13.0 Å². The number of hydrogen-bond donors (Lipinski definition) is 0. The lowest BCUT2D eigenvalue weighted by Crippen LogP contribution is -2.40. The summed E-state index contributed by atoms with van der Waals surface area (Å²) in [6.07, 6.45) is 0.333. The Labute approximate surface area is 102 Å². The molecule has 0 amide bonds. The third-order valence-electron chi connectivity index (χ3n) is 2.25. The van der Waals surface area contributed by atoms with Crippen LogP contribution in [0.5, 0.6) is 0 Å². The minimum absolute atomic E-state index is 0.0976. The molecule has 0 aromatic carbocycles. The monoisotopic (exact) mass is 259 g/mol. The zero-order valence-corrected chi connectivity index (χ0v) is 10.9. The first kappa shape index (κ1) is 15.9. The summed E-state index contributed by atoms with van der Waals surface area (Å²) in [5.74, 6) is 0. The largest absolute Gasteiger partial charge is 0.383 e. The van der Waals surface area contributed by atoms with E-state index in [4.69, 9.17) is 15.3 Å². The predicted molar refractivity (Wildman–Crippen MR) is 62.3 cm³/mol. The number of hydrogen-bond acceptors (Lipinski definition) is 5. The van der Waals surface area contributed by atoms with Crippen LogP contribution in [-0.4, -0.2) is 44.8 Å². The lowest BCUT2D eigenvalue weighted by molar-refractivity contribution is 0.179. The van der Waals surface area contributed by atoms with Gasteiger partial charge in [0.15, 0.2) is 5.25 Å². The van der Waals surface area contributed by atoms with Crippen molar-refractivity contribution in [1.82, 2.24) is 4.31 Å². The lowest BCUT2D eigenvalue weighted by atomic mass is 10.4. The number of nitriles is 2. The molecule has 0 spiro atoms. The van der Waals surface area contributed by atoms with Gasteiger partial charge in [-0.1, -0.05) is 6.92 Å². The maximum atomic E-state index is 12.0. The smallest absolute Gasteiger partial charge is 0.230 e. The van der Waals surface area contributed by atoms with E-state index in [1.165, 1.54) is 7.11 Å². The van der Waals surface area contributed by atoms with Crippen LogP contribution in [0.25, 0.3) is 0 Å². The van der Waals surface area contributed by atoms with Crippen LogP contribution >= 0.6 is 0 Å². The van der Waals surface area contributed by atoms with Gasteiger partial charge in [0.2, 0.25) is 10.0 Å². The SMILES string of the molecule is CCC(C#N)S(=O)(=O)N(CCC#N)CCOC. The average molecular weight is 259 g/mol. The molecule has 7 heteroatoms. The Morgan fingerprint density at radius 3 is 2.41 bits per heavy atom. The third-order valence-corrected chi connectivity index (χ3v) is 4.49. The van der Waals surface area contributed by atoms with Gasteiger partial charge in [-0.15, -0.1) is 0 Å². The zero-order chi connectivity index (χ0) is 13.3. The molecular formula is C10H17N3O3S. The summed E-state index contributed by atoms with van der Waals surface area (Å²) in [4.78, 5) is 0. The van der Waals surface area contributed by atoms with Gasteiger partial charge in [0, 0.05) is 26.6 Å². The Hall–Kier alpha value is -1.15. The van der Waals surface area contributed by atoms with Crippen LogP contribution < -0.4 is 0 Å². The van der Waals surface area contributed by atoms with E-state index in [-0.39, 0.29) is 32.5 Å². The fourth-order valence-electron chi connectivity index (χ4n) is 1.28. The number of methoxy groups -OCH3 is 1. The Balaban J connectivity index is 4.89. The van der Waals surface area contributed by atoms with Crippen LogP contribution in [0.4, 0.5) is 0 Å². The molecule has 17 heavy (non-hydrogen) atoms. The number of ether oxygens (including phenoxy) is 1. The maximum absolute atomic E-state index is 12.0. The summed E-state index contributed by atoms with van der Waals surface area (Å²) in [5, 5.41) is 16.2. The summed E-state index contributed by atoms with van der Waals surface area (Å²) in [6.45, 7) is 2.15. The summed E-state index contributed by atoms with van der Waals surface area (Å²) in [6, 6.07) is 3.66. The first-order chi connectivity index (χ1) is 8.04. The van der Waals surface area contributed by atoms with Crippen LogP contribution in [0.3, 0.4) is 0 Å². The van der Waals surface area contributed by atoms with Crippen molar-refractivity contribution in [3.05, 3.63) is 0 Å². The normalized spacial score (nSPS) is 13.0. The number of nitrogens with zero attached hydrogens (tertiary/aromatic N) is 3. The highest BCUT2D eigenvalue weighted by molar-refractivity contribution is 7.90. The Kier molecular flexibility index (Phi) is 7.47.